The Balaban J connectivity index is 2.84. The zero-order chi connectivity index (χ0) is 11.4. The van der Waals surface area contributed by atoms with Gasteiger partial charge in [-0.2, -0.15) is 5.26 Å². The minimum atomic E-state index is -0.783. The van der Waals surface area contributed by atoms with Gasteiger partial charge in [0.2, 0.25) is 0 Å². The molecule has 5 heteroatoms. The fourth-order valence-electron chi connectivity index (χ4n) is 0.909. The molecule has 1 rings (SSSR count). The van der Waals surface area contributed by atoms with Gasteiger partial charge >= 0.3 is 5.97 Å². The van der Waals surface area contributed by atoms with Crippen molar-refractivity contribution in [3.8, 4) is 6.07 Å². The zero-order valence-corrected chi connectivity index (χ0v) is 8.78. The number of hydrogen-bond donors (Lipinski definition) is 1. The summed E-state index contributed by atoms with van der Waals surface area (Å²) in [5, 5.41) is 8.74. The topological polar surface area (TPSA) is 76.1 Å². The van der Waals surface area contributed by atoms with Crippen LogP contribution in [0.15, 0.2) is 18.2 Å². The molecule has 0 saturated carbocycles. The molecule has 78 valence electrons. The minimum Gasteiger partial charge on any atom is -0.444 e. The predicted molar refractivity (Wildman–Crippen MR) is 56.4 cm³/mol. The van der Waals surface area contributed by atoms with Crippen molar-refractivity contribution in [3.63, 3.8) is 0 Å². The number of carbonyl (C=O) groups excluding carboxylic acids is 1. The number of anilines is 1. The number of nitrogen functional groups attached to an aromatic ring is 1. The molecule has 0 amide bonds. The number of carbonyl (C=O) groups is 1. The van der Waals surface area contributed by atoms with Gasteiger partial charge < -0.3 is 10.5 Å². The number of esters is 1. The molecular weight excluding hydrogens is 216 g/mol. The van der Waals surface area contributed by atoms with E-state index in [1.165, 1.54) is 25.1 Å². The van der Waals surface area contributed by atoms with Gasteiger partial charge in [0, 0.05) is 0 Å². The van der Waals surface area contributed by atoms with Gasteiger partial charge in [-0.1, -0.05) is 11.6 Å². The number of hydrogen-bond acceptors (Lipinski definition) is 4. The molecule has 0 heterocycles. The van der Waals surface area contributed by atoms with Gasteiger partial charge in [0.1, 0.15) is 6.07 Å². The van der Waals surface area contributed by atoms with Crippen molar-refractivity contribution >= 4 is 23.3 Å². The van der Waals surface area contributed by atoms with Crippen molar-refractivity contribution in [1.82, 2.24) is 0 Å². The molecule has 0 saturated heterocycles. The molecule has 1 aromatic carbocycles. The highest BCUT2D eigenvalue weighted by Gasteiger charge is 2.12. The number of nitrogens with two attached hydrogens (primary N) is 1. The summed E-state index contributed by atoms with van der Waals surface area (Å²) in [6, 6.07) is 6.20. The highest BCUT2D eigenvalue weighted by atomic mass is 35.5. The Hall–Kier alpha value is -1.73. The summed E-state index contributed by atoms with van der Waals surface area (Å²) in [6.07, 6.45) is -0.783. The molecule has 1 atom stereocenters. The molecule has 0 aliphatic rings. The van der Waals surface area contributed by atoms with Gasteiger partial charge in [-0.3, -0.25) is 0 Å². The molecule has 1 unspecified atom stereocenters. The molecule has 0 fully saturated rings. The molecule has 2 N–H and O–H groups in total. The second-order valence-corrected chi connectivity index (χ2v) is 3.32. The minimum absolute atomic E-state index is 0.274. The van der Waals surface area contributed by atoms with Gasteiger partial charge in [0.05, 0.1) is 16.3 Å². The first-order valence-electron chi connectivity index (χ1n) is 4.20. The Kier molecular flexibility index (Phi) is 3.53. The van der Waals surface area contributed by atoms with E-state index in [2.05, 4.69) is 0 Å². The molecule has 0 spiro atoms. The van der Waals surface area contributed by atoms with Crippen molar-refractivity contribution in [2.45, 2.75) is 13.0 Å². The van der Waals surface area contributed by atoms with Gasteiger partial charge in [-0.15, -0.1) is 0 Å². The molecule has 0 aromatic heterocycles. The lowest BCUT2D eigenvalue weighted by atomic mass is 10.2. The highest BCUT2D eigenvalue weighted by Crippen LogP contribution is 2.20. The van der Waals surface area contributed by atoms with Gasteiger partial charge in [0.15, 0.2) is 6.10 Å². The molecule has 0 aliphatic heterocycles. The summed E-state index contributed by atoms with van der Waals surface area (Å²) >= 11 is 5.73. The van der Waals surface area contributed by atoms with E-state index in [4.69, 9.17) is 27.3 Å². The van der Waals surface area contributed by atoms with Crippen LogP contribution in [0.5, 0.6) is 0 Å². The monoisotopic (exact) mass is 224 g/mol. The van der Waals surface area contributed by atoms with Crippen LogP contribution in [-0.2, 0) is 4.74 Å². The predicted octanol–water partition coefficient (Wildman–Crippen LogP) is 1.99. The van der Waals surface area contributed by atoms with E-state index in [0.29, 0.717) is 5.69 Å². The second kappa shape index (κ2) is 4.67. The molecule has 0 aliphatic carbocycles. The summed E-state index contributed by atoms with van der Waals surface area (Å²) in [5.41, 5.74) is 6.14. The van der Waals surface area contributed by atoms with E-state index in [0.717, 1.165) is 0 Å². The van der Waals surface area contributed by atoms with E-state index in [9.17, 15) is 4.79 Å². The lowest BCUT2D eigenvalue weighted by molar-refractivity contribution is 0.0435. The van der Waals surface area contributed by atoms with Crippen LogP contribution in [0.25, 0.3) is 0 Å². The number of benzene rings is 1. The lowest BCUT2D eigenvalue weighted by Gasteiger charge is -2.06. The molecule has 0 bridgehead atoms. The fourth-order valence-corrected chi connectivity index (χ4v) is 1.09. The first kappa shape index (κ1) is 11.3. The van der Waals surface area contributed by atoms with Crippen LogP contribution in [0.2, 0.25) is 5.02 Å². The van der Waals surface area contributed by atoms with Crippen LogP contribution in [0.3, 0.4) is 0 Å². The third-order valence-electron chi connectivity index (χ3n) is 1.70. The van der Waals surface area contributed by atoms with E-state index < -0.39 is 12.1 Å². The van der Waals surface area contributed by atoms with E-state index in [-0.39, 0.29) is 10.6 Å². The standard InChI is InChI=1S/C10H9ClN2O2/c1-6(5-12)15-10(14)7-2-3-9(13)8(11)4-7/h2-4,6H,13H2,1H3. The van der Waals surface area contributed by atoms with Crippen LogP contribution < -0.4 is 5.73 Å². The summed E-state index contributed by atoms with van der Waals surface area (Å²) in [6.45, 7) is 1.48. The van der Waals surface area contributed by atoms with Gasteiger partial charge in [-0.05, 0) is 25.1 Å². The first-order valence-corrected chi connectivity index (χ1v) is 4.58. The van der Waals surface area contributed by atoms with Crippen molar-refractivity contribution in [2.24, 2.45) is 0 Å². The molecule has 4 nitrogen and oxygen atoms in total. The van der Waals surface area contributed by atoms with Gasteiger partial charge in [0.25, 0.3) is 0 Å². The molecule has 1 aromatic rings. The average molecular weight is 225 g/mol. The number of ether oxygens (including phenoxy) is 1. The van der Waals surface area contributed by atoms with Crippen LogP contribution in [0, 0.1) is 11.3 Å². The third kappa shape index (κ3) is 2.86. The Labute approximate surface area is 92.2 Å². The highest BCUT2D eigenvalue weighted by molar-refractivity contribution is 6.33. The lowest BCUT2D eigenvalue weighted by Crippen LogP contribution is -2.13. The normalized spacial score (nSPS) is 11.5. The Morgan fingerprint density at radius 3 is 2.87 bits per heavy atom. The van der Waals surface area contributed by atoms with Gasteiger partial charge in [-0.25, -0.2) is 4.79 Å². The van der Waals surface area contributed by atoms with Crippen molar-refractivity contribution in [2.75, 3.05) is 5.73 Å². The maximum absolute atomic E-state index is 11.4. The fraction of sp³-hybridized carbons (Fsp3) is 0.200. The molecule has 15 heavy (non-hydrogen) atoms. The van der Waals surface area contributed by atoms with Crippen LogP contribution >= 0.6 is 11.6 Å². The first-order chi connectivity index (χ1) is 7.04. The van der Waals surface area contributed by atoms with Crippen molar-refractivity contribution in [1.29, 1.82) is 5.26 Å². The summed E-state index contributed by atoms with van der Waals surface area (Å²) in [5.74, 6) is -0.592. The van der Waals surface area contributed by atoms with E-state index in [1.54, 1.807) is 6.07 Å². The van der Waals surface area contributed by atoms with Crippen LogP contribution in [0.1, 0.15) is 17.3 Å². The summed E-state index contributed by atoms with van der Waals surface area (Å²) in [7, 11) is 0. The Morgan fingerprint density at radius 1 is 1.67 bits per heavy atom. The quantitative estimate of drug-likeness (QED) is 0.616. The number of nitrogens with zero attached hydrogens (tertiary/aromatic N) is 1. The Bertz CT molecular complexity index is 426. The third-order valence-corrected chi connectivity index (χ3v) is 2.03. The zero-order valence-electron chi connectivity index (χ0n) is 8.03. The smallest absolute Gasteiger partial charge is 0.339 e. The number of rotatable bonds is 2. The maximum Gasteiger partial charge on any atom is 0.339 e. The van der Waals surface area contributed by atoms with E-state index >= 15 is 0 Å². The Morgan fingerprint density at radius 2 is 2.33 bits per heavy atom. The SMILES string of the molecule is CC(C#N)OC(=O)c1ccc(N)c(Cl)c1. The summed E-state index contributed by atoms with van der Waals surface area (Å²) < 4.78 is 4.78. The maximum atomic E-state index is 11.4. The second-order valence-electron chi connectivity index (χ2n) is 2.91. The van der Waals surface area contributed by atoms with E-state index in [1.807, 2.05) is 0 Å². The molecular formula is C10H9ClN2O2. The average Bonchev–Trinajstić information content (AvgIpc) is 2.21. The van der Waals surface area contributed by atoms with Crippen LogP contribution in [0.4, 0.5) is 5.69 Å². The number of halogens is 1. The molecule has 0 radical (unpaired) electrons. The van der Waals surface area contributed by atoms with Crippen molar-refractivity contribution in [3.05, 3.63) is 28.8 Å². The van der Waals surface area contributed by atoms with Crippen LogP contribution in [-0.4, -0.2) is 12.1 Å². The van der Waals surface area contributed by atoms with Crippen molar-refractivity contribution < 1.29 is 9.53 Å². The summed E-state index contributed by atoms with van der Waals surface area (Å²) in [4.78, 5) is 11.4. The largest absolute Gasteiger partial charge is 0.444 e. The number of nitriles is 1.